The van der Waals surface area contributed by atoms with E-state index in [0.29, 0.717) is 6.61 Å². The van der Waals surface area contributed by atoms with Crippen LogP contribution in [0.5, 0.6) is 0 Å². The number of rotatable bonds is 7. The van der Waals surface area contributed by atoms with Crippen LogP contribution in [-0.4, -0.2) is 13.1 Å². The summed E-state index contributed by atoms with van der Waals surface area (Å²) in [6.45, 7) is 1.88. The van der Waals surface area contributed by atoms with E-state index in [1.807, 2.05) is 5.38 Å². The van der Waals surface area contributed by atoms with Gasteiger partial charge in [0.25, 0.3) is 0 Å². The molecule has 0 fully saturated rings. The summed E-state index contributed by atoms with van der Waals surface area (Å²) in [6.07, 6.45) is 4.04. The van der Waals surface area contributed by atoms with E-state index in [0.717, 1.165) is 30.0 Å². The Morgan fingerprint density at radius 2 is 2.29 bits per heavy atom. The molecule has 1 rings (SSSR count). The molecule has 0 saturated heterocycles. The van der Waals surface area contributed by atoms with Gasteiger partial charge in [-0.3, -0.25) is 0 Å². The molecule has 0 atom stereocenters. The highest BCUT2D eigenvalue weighted by Gasteiger charge is 2.00. The first kappa shape index (κ1) is 11.5. The van der Waals surface area contributed by atoms with Gasteiger partial charge in [0.1, 0.15) is 0 Å². The SMILES string of the molecule is O=[C]OCCCCCc1ccsc1Cl. The Kier molecular flexibility index (Phi) is 5.64. The van der Waals surface area contributed by atoms with Gasteiger partial charge in [0.2, 0.25) is 0 Å². The molecule has 1 aromatic rings. The van der Waals surface area contributed by atoms with E-state index in [4.69, 9.17) is 11.6 Å². The van der Waals surface area contributed by atoms with Gasteiger partial charge in [0, 0.05) is 0 Å². The second-order valence-corrected chi connectivity index (χ2v) is 4.48. The minimum atomic E-state index is 0.473. The smallest absolute Gasteiger partial charge is 0.417 e. The van der Waals surface area contributed by atoms with Gasteiger partial charge in [-0.1, -0.05) is 11.6 Å². The summed E-state index contributed by atoms with van der Waals surface area (Å²) in [5.41, 5.74) is 1.22. The standard InChI is InChI=1S/C10H12ClO2S/c11-10-9(5-7-14-10)4-2-1-3-6-13-8-12/h5,7H,1-4,6H2. The maximum absolute atomic E-state index is 9.71. The highest BCUT2D eigenvalue weighted by Crippen LogP contribution is 2.24. The van der Waals surface area contributed by atoms with Gasteiger partial charge in [-0.2, -0.15) is 0 Å². The molecule has 0 N–H and O–H groups in total. The van der Waals surface area contributed by atoms with Crippen LogP contribution in [0.4, 0.5) is 0 Å². The maximum Gasteiger partial charge on any atom is 0.417 e. The number of carbonyl (C=O) groups excluding carboxylic acids is 1. The number of thiophene rings is 1. The van der Waals surface area contributed by atoms with E-state index < -0.39 is 0 Å². The molecule has 0 aromatic carbocycles. The molecule has 1 radical (unpaired) electrons. The van der Waals surface area contributed by atoms with Crippen molar-refractivity contribution in [1.82, 2.24) is 0 Å². The van der Waals surface area contributed by atoms with Crippen molar-refractivity contribution in [3.63, 3.8) is 0 Å². The van der Waals surface area contributed by atoms with E-state index in [1.54, 1.807) is 11.3 Å². The first-order valence-corrected chi connectivity index (χ1v) is 5.81. The van der Waals surface area contributed by atoms with E-state index in [-0.39, 0.29) is 0 Å². The molecule has 0 aliphatic heterocycles. The van der Waals surface area contributed by atoms with Crippen LogP contribution in [0.15, 0.2) is 11.4 Å². The Morgan fingerprint density at radius 3 is 2.93 bits per heavy atom. The molecule has 0 spiro atoms. The first-order chi connectivity index (χ1) is 6.84. The fourth-order valence-corrected chi connectivity index (χ4v) is 2.19. The average Bonchev–Trinajstić information content (AvgIpc) is 2.58. The second-order valence-electron chi connectivity index (χ2n) is 2.96. The van der Waals surface area contributed by atoms with Crippen LogP contribution in [0.25, 0.3) is 0 Å². The first-order valence-electron chi connectivity index (χ1n) is 4.55. The third-order valence-electron chi connectivity index (χ3n) is 1.94. The molecule has 4 heteroatoms. The summed E-state index contributed by atoms with van der Waals surface area (Å²) in [5, 5.41) is 2.00. The highest BCUT2D eigenvalue weighted by atomic mass is 35.5. The second kappa shape index (κ2) is 6.85. The average molecular weight is 232 g/mol. The highest BCUT2D eigenvalue weighted by molar-refractivity contribution is 7.14. The van der Waals surface area contributed by atoms with Crippen molar-refractivity contribution in [2.24, 2.45) is 0 Å². The zero-order chi connectivity index (χ0) is 10.2. The molecule has 0 bridgehead atoms. The quantitative estimate of drug-likeness (QED) is 0.674. The molecular formula is C10H12ClO2S. The molecule has 1 heterocycles. The lowest BCUT2D eigenvalue weighted by molar-refractivity contribution is 0.269. The predicted molar refractivity (Wildman–Crippen MR) is 58.5 cm³/mol. The summed E-state index contributed by atoms with van der Waals surface area (Å²) in [5.74, 6) is 0. The molecule has 0 saturated carbocycles. The fraction of sp³-hybridized carbons (Fsp3) is 0.500. The molecule has 0 aliphatic carbocycles. The summed E-state index contributed by atoms with van der Waals surface area (Å²) in [4.78, 5) is 9.71. The number of ether oxygens (including phenoxy) is 1. The number of aryl methyl sites for hydroxylation is 1. The molecule has 0 amide bonds. The predicted octanol–water partition coefficient (Wildman–Crippen LogP) is 3.20. The lowest BCUT2D eigenvalue weighted by Gasteiger charge is -1.99. The monoisotopic (exact) mass is 231 g/mol. The van der Waals surface area contributed by atoms with Crippen LogP contribution in [0, 0.1) is 0 Å². The number of hydrogen-bond acceptors (Lipinski definition) is 3. The Labute approximate surface area is 92.8 Å². The van der Waals surface area contributed by atoms with Crippen LogP contribution in [0.2, 0.25) is 4.34 Å². The van der Waals surface area contributed by atoms with Crippen molar-refractivity contribution in [3.05, 3.63) is 21.3 Å². The van der Waals surface area contributed by atoms with Crippen molar-refractivity contribution in [1.29, 1.82) is 0 Å². The molecule has 14 heavy (non-hydrogen) atoms. The van der Waals surface area contributed by atoms with Gasteiger partial charge in [-0.25, -0.2) is 4.79 Å². The van der Waals surface area contributed by atoms with Gasteiger partial charge in [-0.05, 0) is 42.7 Å². The summed E-state index contributed by atoms with van der Waals surface area (Å²) < 4.78 is 5.36. The van der Waals surface area contributed by atoms with E-state index in [2.05, 4.69) is 10.8 Å². The Bertz CT molecular complexity index is 273. The zero-order valence-electron chi connectivity index (χ0n) is 7.79. The van der Waals surface area contributed by atoms with E-state index >= 15 is 0 Å². The van der Waals surface area contributed by atoms with Crippen LogP contribution < -0.4 is 0 Å². The number of halogens is 1. The molecule has 2 nitrogen and oxygen atoms in total. The molecule has 1 aromatic heterocycles. The van der Waals surface area contributed by atoms with E-state index in [9.17, 15) is 4.79 Å². The van der Waals surface area contributed by atoms with Gasteiger partial charge in [-0.15, -0.1) is 11.3 Å². The fourth-order valence-electron chi connectivity index (χ4n) is 1.21. The third-order valence-corrected chi connectivity index (χ3v) is 3.20. The van der Waals surface area contributed by atoms with Gasteiger partial charge >= 0.3 is 6.47 Å². The summed E-state index contributed by atoms with van der Waals surface area (Å²) in [6, 6.07) is 2.06. The normalized spacial score (nSPS) is 10.1. The van der Waals surface area contributed by atoms with Crippen LogP contribution in [0.3, 0.4) is 0 Å². The minimum absolute atomic E-state index is 0.473. The largest absolute Gasteiger partial charge is 0.457 e. The van der Waals surface area contributed by atoms with Crippen LogP contribution in [0.1, 0.15) is 24.8 Å². The van der Waals surface area contributed by atoms with Crippen LogP contribution >= 0.6 is 22.9 Å². The summed E-state index contributed by atoms with van der Waals surface area (Å²) in [7, 11) is 0. The number of hydrogen-bond donors (Lipinski definition) is 0. The Balaban J connectivity index is 2.04. The maximum atomic E-state index is 9.71. The minimum Gasteiger partial charge on any atom is -0.457 e. The van der Waals surface area contributed by atoms with Crippen molar-refractivity contribution >= 4 is 29.4 Å². The third kappa shape index (κ3) is 4.11. The topological polar surface area (TPSA) is 26.3 Å². The van der Waals surface area contributed by atoms with E-state index in [1.165, 1.54) is 12.0 Å². The molecule has 77 valence electrons. The molecule has 0 unspecified atom stereocenters. The summed E-state index contributed by atoms with van der Waals surface area (Å²) >= 11 is 7.51. The van der Waals surface area contributed by atoms with Crippen molar-refractivity contribution in [2.75, 3.05) is 6.61 Å². The Morgan fingerprint density at radius 1 is 1.43 bits per heavy atom. The van der Waals surface area contributed by atoms with Gasteiger partial charge in [0.05, 0.1) is 10.9 Å². The Hall–Kier alpha value is -0.540. The lowest BCUT2D eigenvalue weighted by Crippen LogP contribution is -1.92. The van der Waals surface area contributed by atoms with Crippen LogP contribution in [-0.2, 0) is 16.0 Å². The molecule has 0 aliphatic rings. The van der Waals surface area contributed by atoms with Crippen molar-refractivity contribution in [3.8, 4) is 0 Å². The van der Waals surface area contributed by atoms with Gasteiger partial charge < -0.3 is 4.74 Å². The molecular weight excluding hydrogens is 220 g/mol. The van der Waals surface area contributed by atoms with Crippen molar-refractivity contribution in [2.45, 2.75) is 25.7 Å². The lowest BCUT2D eigenvalue weighted by atomic mass is 10.1. The number of unbranched alkanes of at least 4 members (excludes halogenated alkanes) is 2. The van der Waals surface area contributed by atoms with Gasteiger partial charge in [0.15, 0.2) is 0 Å². The zero-order valence-corrected chi connectivity index (χ0v) is 9.37. The van der Waals surface area contributed by atoms with Crippen molar-refractivity contribution < 1.29 is 9.53 Å².